The second-order valence-corrected chi connectivity index (χ2v) is 6.27. The van der Waals surface area contributed by atoms with Gasteiger partial charge in [-0.1, -0.05) is 32.8 Å². The van der Waals surface area contributed by atoms with Gasteiger partial charge in [-0.15, -0.1) is 0 Å². The highest BCUT2D eigenvalue weighted by atomic mass is 35.5. The molecule has 0 saturated carbocycles. The number of sulfonamides is 1. The predicted octanol–water partition coefficient (Wildman–Crippen LogP) is 1.62. The van der Waals surface area contributed by atoms with Gasteiger partial charge in [0.05, 0.1) is 10.7 Å². The molecule has 0 amide bonds. The Hall–Kier alpha value is -1.16. The van der Waals surface area contributed by atoms with Crippen LogP contribution in [0.25, 0.3) is 0 Å². The molecule has 0 aliphatic carbocycles. The van der Waals surface area contributed by atoms with E-state index in [0.717, 1.165) is 11.5 Å². The fourth-order valence-electron chi connectivity index (χ4n) is 1.20. The van der Waals surface area contributed by atoms with Crippen LogP contribution in [0.2, 0.25) is 10.0 Å². The normalized spacial score (nSPS) is 11.4. The number of anilines is 2. The molecule has 0 aliphatic rings. The molecular formula is C7H5Cl2N5O2S2. The van der Waals surface area contributed by atoms with Crippen molar-refractivity contribution in [3.8, 4) is 0 Å². The summed E-state index contributed by atoms with van der Waals surface area (Å²) < 4.78 is 29.7. The molecule has 0 atom stereocenters. The molecule has 0 radical (unpaired) electrons. The highest BCUT2D eigenvalue weighted by molar-refractivity contribution is 7.93. The molecule has 1 aromatic heterocycles. The van der Waals surface area contributed by atoms with E-state index >= 15 is 0 Å². The minimum atomic E-state index is -3.96. The number of nitrogens with two attached hydrogens (primary N) is 1. The zero-order chi connectivity index (χ0) is 13.3. The minimum absolute atomic E-state index is 0.0143. The monoisotopic (exact) mass is 325 g/mol. The Bertz CT molecular complexity index is 650. The third-order valence-corrected chi connectivity index (χ3v) is 4.55. The molecule has 96 valence electrons. The Morgan fingerprint density at radius 2 is 2.06 bits per heavy atom. The van der Waals surface area contributed by atoms with Gasteiger partial charge in [0.15, 0.2) is 0 Å². The topological polar surface area (TPSA) is 111 Å². The first kappa shape index (κ1) is 13.3. The van der Waals surface area contributed by atoms with Crippen molar-refractivity contribution in [3.63, 3.8) is 0 Å². The van der Waals surface area contributed by atoms with Crippen LogP contribution in [0.15, 0.2) is 17.0 Å². The van der Waals surface area contributed by atoms with Crippen LogP contribution in [0.1, 0.15) is 0 Å². The number of hydrogen-bond donors (Lipinski definition) is 2. The van der Waals surface area contributed by atoms with E-state index in [-0.39, 0.29) is 25.8 Å². The summed E-state index contributed by atoms with van der Waals surface area (Å²) in [6, 6.07) is 2.58. The second kappa shape index (κ2) is 4.84. The number of rotatable bonds is 3. The molecule has 3 N–H and O–H groups in total. The molecule has 0 aliphatic heterocycles. The number of nitrogens with one attached hydrogen (secondary N) is 1. The number of hydrogen-bond acceptors (Lipinski definition) is 7. The van der Waals surface area contributed by atoms with E-state index in [4.69, 9.17) is 28.9 Å². The lowest BCUT2D eigenvalue weighted by molar-refractivity contribution is 0.601. The Balaban J connectivity index is 2.48. The van der Waals surface area contributed by atoms with Crippen molar-refractivity contribution in [1.82, 2.24) is 14.8 Å². The van der Waals surface area contributed by atoms with Crippen LogP contribution in [-0.2, 0) is 10.0 Å². The van der Waals surface area contributed by atoms with E-state index in [1.807, 2.05) is 0 Å². The van der Waals surface area contributed by atoms with Crippen LogP contribution in [0, 0.1) is 0 Å². The first-order chi connectivity index (χ1) is 8.40. The van der Waals surface area contributed by atoms with Crippen LogP contribution < -0.4 is 10.5 Å². The number of nitrogen functional groups attached to an aromatic ring is 1. The van der Waals surface area contributed by atoms with Crippen LogP contribution in [0.4, 0.5) is 10.8 Å². The zero-order valence-electron chi connectivity index (χ0n) is 8.46. The standard InChI is InChI=1S/C7H5Cl2N5O2S2/c8-3-1-4(9)6(5(10)2-3)18(15,16)12-7-11-13-14-17-7/h1-2H,10H2,(H,11,12,14). The number of benzene rings is 1. The van der Waals surface area contributed by atoms with Gasteiger partial charge < -0.3 is 5.73 Å². The number of nitrogens with zero attached hydrogens (tertiary/aromatic N) is 3. The summed E-state index contributed by atoms with van der Waals surface area (Å²) in [5.74, 6) is 0. The van der Waals surface area contributed by atoms with Crippen molar-refractivity contribution < 1.29 is 8.42 Å². The van der Waals surface area contributed by atoms with E-state index < -0.39 is 10.0 Å². The van der Waals surface area contributed by atoms with E-state index in [0.29, 0.717) is 0 Å². The van der Waals surface area contributed by atoms with Gasteiger partial charge in [-0.3, -0.25) is 4.72 Å². The molecule has 18 heavy (non-hydrogen) atoms. The third-order valence-electron chi connectivity index (χ3n) is 1.83. The maximum Gasteiger partial charge on any atom is 0.267 e. The molecule has 0 fully saturated rings. The van der Waals surface area contributed by atoms with Gasteiger partial charge in [0, 0.05) is 16.6 Å². The lowest BCUT2D eigenvalue weighted by Crippen LogP contribution is -2.15. The molecule has 1 heterocycles. The SMILES string of the molecule is Nc1cc(Cl)cc(Cl)c1S(=O)(=O)Nc1nnns1. The fraction of sp³-hybridized carbons (Fsp3) is 0. The molecule has 7 nitrogen and oxygen atoms in total. The van der Waals surface area contributed by atoms with Crippen molar-refractivity contribution in [3.05, 3.63) is 22.2 Å². The zero-order valence-corrected chi connectivity index (χ0v) is 11.6. The molecule has 1 aromatic carbocycles. The molecule has 0 unspecified atom stereocenters. The predicted molar refractivity (Wildman–Crippen MR) is 69.4 cm³/mol. The maximum atomic E-state index is 12.0. The first-order valence-corrected chi connectivity index (χ1v) is 7.34. The largest absolute Gasteiger partial charge is 0.398 e. The van der Waals surface area contributed by atoms with Crippen molar-refractivity contribution >= 4 is 55.6 Å². The molecule has 0 spiro atoms. The van der Waals surface area contributed by atoms with Gasteiger partial charge in [0.1, 0.15) is 4.90 Å². The number of aromatic nitrogens is 3. The van der Waals surface area contributed by atoms with Gasteiger partial charge in [-0.25, -0.2) is 8.42 Å². The first-order valence-electron chi connectivity index (χ1n) is 4.32. The summed E-state index contributed by atoms with van der Waals surface area (Å²) in [4.78, 5) is -0.260. The maximum absolute atomic E-state index is 12.0. The highest BCUT2D eigenvalue weighted by Gasteiger charge is 2.23. The second-order valence-electron chi connectivity index (χ2n) is 3.08. The van der Waals surface area contributed by atoms with E-state index in [1.165, 1.54) is 12.1 Å². The van der Waals surface area contributed by atoms with E-state index in [2.05, 4.69) is 19.5 Å². The lowest BCUT2D eigenvalue weighted by atomic mass is 10.3. The van der Waals surface area contributed by atoms with E-state index in [1.54, 1.807) is 0 Å². The van der Waals surface area contributed by atoms with Gasteiger partial charge >= 0.3 is 0 Å². The smallest absolute Gasteiger partial charge is 0.267 e. The van der Waals surface area contributed by atoms with Crippen molar-refractivity contribution in [2.45, 2.75) is 4.90 Å². The lowest BCUT2D eigenvalue weighted by Gasteiger charge is -2.09. The molecule has 0 bridgehead atoms. The van der Waals surface area contributed by atoms with Crippen LogP contribution in [0.5, 0.6) is 0 Å². The average molecular weight is 326 g/mol. The van der Waals surface area contributed by atoms with Crippen molar-refractivity contribution in [2.24, 2.45) is 0 Å². The Labute approximate surface area is 116 Å². The van der Waals surface area contributed by atoms with Gasteiger partial charge in [0.25, 0.3) is 10.0 Å². The summed E-state index contributed by atoms with van der Waals surface area (Å²) in [7, 11) is -3.96. The molecule has 2 aromatic rings. The molecule has 0 saturated heterocycles. The quantitative estimate of drug-likeness (QED) is 0.829. The average Bonchev–Trinajstić information content (AvgIpc) is 2.66. The third kappa shape index (κ3) is 2.64. The van der Waals surface area contributed by atoms with Crippen LogP contribution in [-0.4, -0.2) is 23.2 Å². The van der Waals surface area contributed by atoms with Gasteiger partial charge in [-0.05, 0) is 17.3 Å². The summed E-state index contributed by atoms with van der Waals surface area (Å²) in [6.45, 7) is 0. The van der Waals surface area contributed by atoms with Crippen molar-refractivity contribution in [1.29, 1.82) is 0 Å². The summed E-state index contributed by atoms with van der Waals surface area (Å²) in [5, 5.41) is 6.91. The highest BCUT2D eigenvalue weighted by Crippen LogP contribution is 2.32. The fourth-order valence-corrected chi connectivity index (χ4v) is 3.78. The Morgan fingerprint density at radius 3 is 2.61 bits per heavy atom. The molecular weight excluding hydrogens is 321 g/mol. The van der Waals surface area contributed by atoms with Crippen LogP contribution in [0.3, 0.4) is 0 Å². The van der Waals surface area contributed by atoms with Crippen LogP contribution >= 0.6 is 34.7 Å². The van der Waals surface area contributed by atoms with Crippen molar-refractivity contribution in [2.75, 3.05) is 10.5 Å². The summed E-state index contributed by atoms with van der Waals surface area (Å²) in [6.07, 6.45) is 0. The van der Waals surface area contributed by atoms with Gasteiger partial charge in [-0.2, -0.15) is 0 Å². The number of halogens is 2. The summed E-state index contributed by atoms with van der Waals surface area (Å²) >= 11 is 12.3. The summed E-state index contributed by atoms with van der Waals surface area (Å²) in [5.41, 5.74) is 5.54. The Morgan fingerprint density at radius 1 is 1.33 bits per heavy atom. The molecule has 2 rings (SSSR count). The molecule has 11 heteroatoms. The Kier molecular flexibility index (Phi) is 3.57. The minimum Gasteiger partial charge on any atom is -0.398 e. The van der Waals surface area contributed by atoms with Gasteiger partial charge in [0.2, 0.25) is 5.13 Å². The van der Waals surface area contributed by atoms with E-state index in [9.17, 15) is 8.42 Å².